The molecular weight excluding hydrogens is 280 g/mol. The van der Waals surface area contributed by atoms with Gasteiger partial charge in [0.05, 0.1) is 13.2 Å². The fourth-order valence-corrected chi connectivity index (χ4v) is 1.92. The minimum Gasteiger partial charge on any atom is -0.466 e. The maximum absolute atomic E-state index is 11.4. The number of allylic oxidation sites excluding steroid dienone is 1. The molecule has 0 bridgehead atoms. The van der Waals surface area contributed by atoms with Crippen molar-refractivity contribution in [3.63, 3.8) is 0 Å². The first-order chi connectivity index (χ1) is 10.7. The van der Waals surface area contributed by atoms with Gasteiger partial charge in [0.15, 0.2) is 0 Å². The lowest BCUT2D eigenvalue weighted by Gasteiger charge is -2.03. The third-order valence-electron chi connectivity index (χ3n) is 3.27. The van der Waals surface area contributed by atoms with Gasteiger partial charge in [-0.2, -0.15) is 0 Å². The smallest absolute Gasteiger partial charge is 0.330 e. The Bertz CT molecular complexity index is 310. The molecule has 0 aromatic heterocycles. The molecule has 0 saturated carbocycles. The van der Waals surface area contributed by atoms with Crippen LogP contribution >= 0.6 is 0 Å². The van der Waals surface area contributed by atoms with Crippen molar-refractivity contribution < 1.29 is 19.1 Å². The van der Waals surface area contributed by atoms with Crippen molar-refractivity contribution in [2.45, 2.75) is 78.1 Å². The van der Waals surface area contributed by atoms with Crippen LogP contribution < -0.4 is 0 Å². The van der Waals surface area contributed by atoms with E-state index in [4.69, 9.17) is 9.47 Å². The fourth-order valence-electron chi connectivity index (χ4n) is 1.92. The first kappa shape index (κ1) is 20.7. The maximum atomic E-state index is 11.4. The molecule has 0 aliphatic carbocycles. The third-order valence-corrected chi connectivity index (χ3v) is 3.27. The number of carbonyl (C=O) groups is 2. The lowest BCUT2D eigenvalue weighted by molar-refractivity contribution is -0.143. The molecule has 0 spiro atoms. The number of hydrogen-bond acceptors (Lipinski definition) is 4. The van der Waals surface area contributed by atoms with Gasteiger partial charge in [-0.1, -0.05) is 58.4 Å². The van der Waals surface area contributed by atoms with E-state index in [0.717, 1.165) is 25.7 Å². The molecule has 0 unspecified atom stereocenters. The number of ether oxygens (including phenoxy) is 2. The van der Waals surface area contributed by atoms with E-state index in [1.165, 1.54) is 31.8 Å². The Morgan fingerprint density at radius 1 is 0.818 bits per heavy atom. The molecule has 0 amide bonds. The summed E-state index contributed by atoms with van der Waals surface area (Å²) in [6.45, 7) is 5.27. The van der Waals surface area contributed by atoms with E-state index >= 15 is 0 Å². The van der Waals surface area contributed by atoms with Gasteiger partial charge < -0.3 is 9.47 Å². The number of carbonyl (C=O) groups excluding carboxylic acids is 2. The van der Waals surface area contributed by atoms with Gasteiger partial charge in [-0.25, -0.2) is 4.79 Å². The molecule has 0 aromatic carbocycles. The third kappa shape index (κ3) is 15.1. The Morgan fingerprint density at radius 2 is 1.41 bits per heavy atom. The highest BCUT2D eigenvalue weighted by Gasteiger charge is 2.01. The van der Waals surface area contributed by atoms with Gasteiger partial charge >= 0.3 is 11.9 Å². The van der Waals surface area contributed by atoms with Crippen LogP contribution in [0.2, 0.25) is 0 Å². The lowest BCUT2D eigenvalue weighted by Crippen LogP contribution is -2.05. The van der Waals surface area contributed by atoms with Gasteiger partial charge in [0, 0.05) is 12.5 Å². The van der Waals surface area contributed by atoms with Crippen molar-refractivity contribution in [1.29, 1.82) is 0 Å². The van der Waals surface area contributed by atoms with E-state index in [1.807, 2.05) is 0 Å². The molecule has 128 valence electrons. The van der Waals surface area contributed by atoms with Crippen LogP contribution in [0.3, 0.4) is 0 Å². The Balaban J connectivity index is 3.47. The standard InChI is InChI=1S/C18H32O4/c1-3-5-7-11-15-21-17(19)13-9-10-14-18(20)22-16-12-8-6-4-2/h9,13H,3-8,10-12,14-16H2,1-2H3. The van der Waals surface area contributed by atoms with E-state index in [0.29, 0.717) is 26.1 Å². The van der Waals surface area contributed by atoms with Crippen LogP contribution in [0.5, 0.6) is 0 Å². The zero-order valence-electron chi connectivity index (χ0n) is 14.3. The van der Waals surface area contributed by atoms with Crippen LogP contribution in [0.4, 0.5) is 0 Å². The average Bonchev–Trinajstić information content (AvgIpc) is 2.51. The minimum absolute atomic E-state index is 0.200. The monoisotopic (exact) mass is 312 g/mol. The summed E-state index contributed by atoms with van der Waals surface area (Å²) < 4.78 is 10.2. The van der Waals surface area contributed by atoms with Crippen LogP contribution in [-0.4, -0.2) is 25.2 Å². The van der Waals surface area contributed by atoms with E-state index < -0.39 is 0 Å². The predicted molar refractivity (Wildman–Crippen MR) is 88.6 cm³/mol. The minimum atomic E-state index is -0.329. The van der Waals surface area contributed by atoms with E-state index in [1.54, 1.807) is 6.08 Å². The van der Waals surface area contributed by atoms with Gasteiger partial charge in [-0.3, -0.25) is 4.79 Å². The van der Waals surface area contributed by atoms with E-state index in [2.05, 4.69) is 13.8 Å². The SMILES string of the molecule is CCCCCCOC(=O)C=CCCC(=O)OCCCCCC. The zero-order valence-corrected chi connectivity index (χ0v) is 14.3. The first-order valence-electron chi connectivity index (χ1n) is 8.69. The molecule has 0 heterocycles. The highest BCUT2D eigenvalue weighted by Crippen LogP contribution is 2.02. The molecule has 4 nitrogen and oxygen atoms in total. The van der Waals surface area contributed by atoms with Crippen LogP contribution in [0, 0.1) is 0 Å². The summed E-state index contributed by atoms with van der Waals surface area (Å²) >= 11 is 0. The van der Waals surface area contributed by atoms with Crippen molar-refractivity contribution >= 4 is 11.9 Å². The molecule has 0 fully saturated rings. The number of rotatable bonds is 14. The molecule has 0 atom stereocenters. The number of esters is 2. The van der Waals surface area contributed by atoms with Gasteiger partial charge in [-0.15, -0.1) is 0 Å². The number of hydrogen-bond donors (Lipinski definition) is 0. The van der Waals surface area contributed by atoms with Crippen molar-refractivity contribution in [2.75, 3.05) is 13.2 Å². The summed E-state index contributed by atoms with van der Waals surface area (Å²) in [5.74, 6) is -0.529. The maximum Gasteiger partial charge on any atom is 0.330 e. The van der Waals surface area contributed by atoms with E-state index in [-0.39, 0.29) is 11.9 Å². The summed E-state index contributed by atoms with van der Waals surface area (Å²) in [7, 11) is 0. The second-order valence-electron chi connectivity index (χ2n) is 5.45. The second-order valence-corrected chi connectivity index (χ2v) is 5.45. The molecule has 0 N–H and O–H groups in total. The van der Waals surface area contributed by atoms with Crippen molar-refractivity contribution in [2.24, 2.45) is 0 Å². The molecule has 0 saturated heterocycles. The van der Waals surface area contributed by atoms with Crippen molar-refractivity contribution in [1.82, 2.24) is 0 Å². The predicted octanol–water partition coefficient (Wildman–Crippen LogP) is 4.57. The van der Waals surface area contributed by atoms with Gasteiger partial charge in [0.2, 0.25) is 0 Å². The van der Waals surface area contributed by atoms with Gasteiger partial charge in [-0.05, 0) is 19.3 Å². The summed E-state index contributed by atoms with van der Waals surface area (Å²) in [4.78, 5) is 22.8. The van der Waals surface area contributed by atoms with Crippen LogP contribution in [0.25, 0.3) is 0 Å². The highest BCUT2D eigenvalue weighted by molar-refractivity contribution is 5.82. The quantitative estimate of drug-likeness (QED) is 0.268. The molecule has 4 heteroatoms. The largest absolute Gasteiger partial charge is 0.466 e. The molecule has 0 radical (unpaired) electrons. The topological polar surface area (TPSA) is 52.6 Å². The molecule has 0 aliphatic heterocycles. The summed E-state index contributed by atoms with van der Waals surface area (Å²) in [6, 6.07) is 0. The molecule has 22 heavy (non-hydrogen) atoms. The lowest BCUT2D eigenvalue weighted by atomic mass is 10.2. The van der Waals surface area contributed by atoms with Crippen LogP contribution in [0.15, 0.2) is 12.2 Å². The van der Waals surface area contributed by atoms with Crippen molar-refractivity contribution in [3.05, 3.63) is 12.2 Å². The molecule has 0 rings (SSSR count). The highest BCUT2D eigenvalue weighted by atomic mass is 16.5. The summed E-state index contributed by atoms with van der Waals surface area (Å²) in [6.07, 6.45) is 12.6. The molecule has 0 aliphatic rings. The Kier molecular flexibility index (Phi) is 15.1. The average molecular weight is 312 g/mol. The summed E-state index contributed by atoms with van der Waals surface area (Å²) in [5.41, 5.74) is 0. The van der Waals surface area contributed by atoms with Crippen LogP contribution in [-0.2, 0) is 19.1 Å². The normalized spacial score (nSPS) is 10.8. The summed E-state index contributed by atoms with van der Waals surface area (Å²) in [5, 5.41) is 0. The van der Waals surface area contributed by atoms with Crippen molar-refractivity contribution in [3.8, 4) is 0 Å². The van der Waals surface area contributed by atoms with Gasteiger partial charge in [0.1, 0.15) is 0 Å². The number of unbranched alkanes of at least 4 members (excludes halogenated alkanes) is 6. The molecule has 0 aromatic rings. The van der Waals surface area contributed by atoms with Gasteiger partial charge in [0.25, 0.3) is 0 Å². The fraction of sp³-hybridized carbons (Fsp3) is 0.778. The Morgan fingerprint density at radius 3 is 2.00 bits per heavy atom. The van der Waals surface area contributed by atoms with E-state index in [9.17, 15) is 9.59 Å². The zero-order chi connectivity index (χ0) is 16.5. The Hall–Kier alpha value is -1.32. The Labute approximate surface area is 135 Å². The first-order valence-corrected chi connectivity index (χ1v) is 8.69. The molecular formula is C18H32O4. The van der Waals surface area contributed by atoms with Crippen LogP contribution in [0.1, 0.15) is 78.1 Å². The second kappa shape index (κ2) is 16.1.